The summed E-state index contributed by atoms with van der Waals surface area (Å²) in [5, 5.41) is 12.8. The van der Waals surface area contributed by atoms with Crippen LogP contribution in [0.4, 0.5) is 0 Å². The van der Waals surface area contributed by atoms with Gasteiger partial charge in [-0.15, -0.1) is 11.3 Å². The third-order valence-corrected chi connectivity index (χ3v) is 3.77. The second-order valence-corrected chi connectivity index (χ2v) is 5.82. The molecule has 1 unspecified atom stereocenters. The summed E-state index contributed by atoms with van der Waals surface area (Å²) in [6.45, 7) is 5.29. The van der Waals surface area contributed by atoms with Gasteiger partial charge in [-0.2, -0.15) is 0 Å². The first-order chi connectivity index (χ1) is 8.52. The highest BCUT2D eigenvalue weighted by Gasteiger charge is 2.09. The molecule has 18 heavy (non-hydrogen) atoms. The molecule has 0 aromatic carbocycles. The number of hydrogen-bond acceptors (Lipinski definition) is 5. The smallest absolute Gasteiger partial charge is 0.310 e. The van der Waals surface area contributed by atoms with Crippen molar-refractivity contribution in [1.29, 1.82) is 0 Å². The summed E-state index contributed by atoms with van der Waals surface area (Å²) >= 11 is 1.59. The van der Waals surface area contributed by atoms with Crippen molar-refractivity contribution in [1.82, 2.24) is 5.32 Å². The Morgan fingerprint density at radius 2 is 2.11 bits per heavy atom. The van der Waals surface area contributed by atoms with Crippen molar-refractivity contribution < 1.29 is 14.6 Å². The monoisotopic (exact) mass is 271 g/mol. The summed E-state index contributed by atoms with van der Waals surface area (Å²) in [6.07, 6.45) is 0.00925. The number of carbonyl (C=O) groups is 1. The fourth-order valence-electron chi connectivity index (χ4n) is 1.41. The van der Waals surface area contributed by atoms with Gasteiger partial charge in [-0.05, 0) is 18.1 Å². The van der Waals surface area contributed by atoms with Gasteiger partial charge < -0.3 is 15.2 Å². The highest BCUT2D eigenvalue weighted by molar-refractivity contribution is 7.12. The molecule has 0 aliphatic carbocycles. The molecule has 0 fully saturated rings. The van der Waals surface area contributed by atoms with Crippen LogP contribution in [0.5, 0.6) is 0 Å². The highest BCUT2D eigenvalue weighted by atomic mass is 32.1. The molecule has 0 aliphatic rings. The van der Waals surface area contributed by atoms with Crippen LogP contribution in [-0.2, 0) is 22.5 Å². The van der Waals surface area contributed by atoms with Gasteiger partial charge in [0, 0.05) is 22.8 Å². The molecule has 1 heterocycles. The number of esters is 1. The van der Waals surface area contributed by atoms with E-state index in [0.717, 1.165) is 16.3 Å². The summed E-state index contributed by atoms with van der Waals surface area (Å²) in [5.74, 6) is 0.0438. The van der Waals surface area contributed by atoms with Crippen molar-refractivity contribution >= 4 is 17.3 Å². The molecular weight excluding hydrogens is 250 g/mol. The molecule has 1 aromatic heterocycles. The maximum Gasteiger partial charge on any atom is 0.310 e. The molecule has 5 heteroatoms. The minimum absolute atomic E-state index is 0.216. The summed E-state index contributed by atoms with van der Waals surface area (Å²) < 4.78 is 4.62. The molecule has 1 aromatic rings. The van der Waals surface area contributed by atoms with E-state index in [9.17, 15) is 9.90 Å². The van der Waals surface area contributed by atoms with Crippen LogP contribution in [0, 0.1) is 5.92 Å². The number of ether oxygens (including phenoxy) is 1. The van der Waals surface area contributed by atoms with Crippen molar-refractivity contribution in [2.75, 3.05) is 13.7 Å². The van der Waals surface area contributed by atoms with Crippen molar-refractivity contribution in [3.63, 3.8) is 0 Å². The highest BCUT2D eigenvalue weighted by Crippen LogP contribution is 2.17. The van der Waals surface area contributed by atoms with Crippen LogP contribution in [0.1, 0.15) is 23.6 Å². The Morgan fingerprint density at radius 1 is 1.44 bits per heavy atom. The van der Waals surface area contributed by atoms with Crippen LogP contribution in [0.3, 0.4) is 0 Å². The van der Waals surface area contributed by atoms with E-state index in [2.05, 4.69) is 10.1 Å². The number of rotatable bonds is 7. The van der Waals surface area contributed by atoms with E-state index >= 15 is 0 Å². The number of nitrogens with one attached hydrogen (secondary N) is 1. The van der Waals surface area contributed by atoms with Gasteiger partial charge in [-0.3, -0.25) is 4.79 Å². The zero-order chi connectivity index (χ0) is 13.5. The fourth-order valence-corrected chi connectivity index (χ4v) is 2.38. The third kappa shape index (κ3) is 5.16. The number of aliphatic hydroxyl groups excluding tert-OH is 1. The van der Waals surface area contributed by atoms with E-state index < -0.39 is 0 Å². The summed E-state index contributed by atoms with van der Waals surface area (Å²) in [6, 6.07) is 3.94. The molecular formula is C13H21NO3S. The topological polar surface area (TPSA) is 58.6 Å². The summed E-state index contributed by atoms with van der Waals surface area (Å²) in [4.78, 5) is 13.3. The Balaban J connectivity index is 2.33. The van der Waals surface area contributed by atoms with Crippen LogP contribution in [-0.4, -0.2) is 30.8 Å². The zero-order valence-corrected chi connectivity index (χ0v) is 11.9. The number of carbonyl (C=O) groups excluding carboxylic acids is 1. The Morgan fingerprint density at radius 3 is 2.72 bits per heavy atom. The van der Waals surface area contributed by atoms with E-state index in [1.54, 1.807) is 11.3 Å². The van der Waals surface area contributed by atoms with Gasteiger partial charge in [0.15, 0.2) is 0 Å². The lowest BCUT2D eigenvalue weighted by Gasteiger charge is -2.14. The molecule has 0 bridgehead atoms. The molecule has 0 aliphatic heterocycles. The first kappa shape index (κ1) is 15.1. The normalized spacial score (nSPS) is 12.7. The predicted octanol–water partition coefficient (Wildman–Crippen LogP) is 1.57. The second kappa shape index (κ2) is 7.51. The van der Waals surface area contributed by atoms with Crippen LogP contribution in [0.2, 0.25) is 0 Å². The Bertz CT molecular complexity index is 376. The summed E-state index contributed by atoms with van der Waals surface area (Å²) in [7, 11) is 1.39. The van der Waals surface area contributed by atoms with Crippen molar-refractivity contribution in [2.45, 2.75) is 32.9 Å². The average molecular weight is 271 g/mol. The molecule has 4 nitrogen and oxygen atoms in total. The molecule has 0 amide bonds. The Labute approximate surface area is 112 Å². The van der Waals surface area contributed by atoms with Gasteiger partial charge in [0.1, 0.15) is 0 Å². The Hall–Kier alpha value is -0.910. The lowest BCUT2D eigenvalue weighted by molar-refractivity contribution is -0.139. The molecule has 2 N–H and O–H groups in total. The Kier molecular flexibility index (Phi) is 6.32. The van der Waals surface area contributed by atoms with E-state index in [1.165, 1.54) is 7.11 Å². The molecule has 1 rings (SSSR count). The molecule has 0 spiro atoms. The first-order valence-electron chi connectivity index (χ1n) is 6.06. The average Bonchev–Trinajstić information content (AvgIpc) is 2.76. The maximum atomic E-state index is 11.1. The predicted molar refractivity (Wildman–Crippen MR) is 72.6 cm³/mol. The van der Waals surface area contributed by atoms with E-state index in [0.29, 0.717) is 13.0 Å². The van der Waals surface area contributed by atoms with Crippen LogP contribution < -0.4 is 5.32 Å². The molecule has 102 valence electrons. The van der Waals surface area contributed by atoms with Crippen LogP contribution in [0.25, 0.3) is 0 Å². The van der Waals surface area contributed by atoms with Gasteiger partial charge in [0.05, 0.1) is 19.6 Å². The number of hydrogen-bond donors (Lipinski definition) is 2. The van der Waals surface area contributed by atoms with E-state index in [1.807, 2.05) is 26.0 Å². The SMILES string of the molecule is COC(=O)Cc1ccc(CNCC(O)C(C)C)s1. The lowest BCUT2D eigenvalue weighted by atomic mass is 10.1. The quantitative estimate of drug-likeness (QED) is 0.739. The van der Waals surface area contributed by atoms with Crippen molar-refractivity contribution in [2.24, 2.45) is 5.92 Å². The third-order valence-electron chi connectivity index (χ3n) is 2.69. The largest absolute Gasteiger partial charge is 0.469 e. The van der Waals surface area contributed by atoms with Gasteiger partial charge in [-0.1, -0.05) is 13.8 Å². The number of aliphatic hydroxyl groups is 1. The molecule has 1 atom stereocenters. The first-order valence-corrected chi connectivity index (χ1v) is 6.87. The molecule has 0 radical (unpaired) electrons. The number of methoxy groups -OCH3 is 1. The minimum Gasteiger partial charge on any atom is -0.469 e. The van der Waals surface area contributed by atoms with Gasteiger partial charge in [-0.25, -0.2) is 0 Å². The van der Waals surface area contributed by atoms with E-state index in [-0.39, 0.29) is 18.0 Å². The molecule has 0 saturated heterocycles. The lowest BCUT2D eigenvalue weighted by Crippen LogP contribution is -2.29. The van der Waals surface area contributed by atoms with Crippen LogP contribution >= 0.6 is 11.3 Å². The molecule has 0 saturated carbocycles. The van der Waals surface area contributed by atoms with Gasteiger partial charge >= 0.3 is 5.97 Å². The fraction of sp³-hybridized carbons (Fsp3) is 0.615. The maximum absolute atomic E-state index is 11.1. The van der Waals surface area contributed by atoms with Crippen LogP contribution in [0.15, 0.2) is 12.1 Å². The standard InChI is InChI=1S/C13H21NO3S/c1-9(2)12(15)8-14-7-11-5-4-10(18-11)6-13(16)17-3/h4-5,9,12,14-15H,6-8H2,1-3H3. The number of thiophene rings is 1. The summed E-state index contributed by atoms with van der Waals surface area (Å²) in [5.41, 5.74) is 0. The van der Waals surface area contributed by atoms with E-state index in [4.69, 9.17) is 0 Å². The van der Waals surface area contributed by atoms with Gasteiger partial charge in [0.2, 0.25) is 0 Å². The van der Waals surface area contributed by atoms with Crippen molar-refractivity contribution in [3.05, 3.63) is 21.9 Å². The minimum atomic E-state index is -0.320. The van der Waals surface area contributed by atoms with Crippen molar-refractivity contribution in [3.8, 4) is 0 Å². The second-order valence-electron chi connectivity index (χ2n) is 4.56. The van der Waals surface area contributed by atoms with Gasteiger partial charge in [0.25, 0.3) is 0 Å². The zero-order valence-electron chi connectivity index (χ0n) is 11.1.